The number of hydrogen-bond acceptors (Lipinski definition) is 0. The first-order valence-corrected chi connectivity index (χ1v) is 3.98. The van der Waals surface area contributed by atoms with Gasteiger partial charge in [-0.3, -0.25) is 0 Å². The van der Waals surface area contributed by atoms with Gasteiger partial charge in [0.2, 0.25) is 0 Å². The molecule has 0 bridgehead atoms. The maximum absolute atomic E-state index is 12.7. The van der Waals surface area contributed by atoms with E-state index in [0.29, 0.717) is 0 Å². The summed E-state index contributed by atoms with van der Waals surface area (Å²) in [6.45, 7) is 0. The Kier molecular flexibility index (Phi) is 4.06. The molecule has 0 saturated carbocycles. The predicted octanol–water partition coefficient (Wildman–Crippen LogP) is 3.84. The molecule has 0 aliphatic carbocycles. The first kappa shape index (κ1) is 13.8. The van der Waals surface area contributed by atoms with E-state index in [1.807, 2.05) is 0 Å². The molecule has 0 aromatic rings. The molecule has 0 nitrogen and oxygen atoms in total. The predicted molar refractivity (Wildman–Crippen MR) is 35.9 cm³/mol. The fraction of sp³-hybridized carbons (Fsp3) is 1.00. The Morgan fingerprint density at radius 2 is 1.14 bits per heavy atom. The highest BCUT2D eigenvalue weighted by Gasteiger charge is 2.71. The van der Waals surface area contributed by atoms with E-state index in [1.165, 1.54) is 0 Å². The Morgan fingerprint density at radius 3 is 1.36 bits per heavy atom. The van der Waals surface area contributed by atoms with Crippen molar-refractivity contribution in [2.24, 2.45) is 0 Å². The van der Waals surface area contributed by atoms with Crippen molar-refractivity contribution in [3.8, 4) is 0 Å². The first-order valence-electron chi connectivity index (χ1n) is 3.44. The van der Waals surface area contributed by atoms with Crippen molar-refractivity contribution in [2.45, 2.75) is 30.9 Å². The van der Waals surface area contributed by atoms with Crippen LogP contribution >= 0.6 is 11.6 Å². The normalized spacial score (nSPS) is 14.6. The van der Waals surface area contributed by atoms with Gasteiger partial charge in [-0.2, -0.15) is 26.3 Å². The smallest absolute Gasteiger partial charge is 0.224 e. The van der Waals surface area contributed by atoms with Gasteiger partial charge in [0.1, 0.15) is 0 Å². The van der Waals surface area contributed by atoms with Crippen LogP contribution in [-0.2, 0) is 0 Å². The van der Waals surface area contributed by atoms with Gasteiger partial charge in [0.25, 0.3) is 5.67 Å². The van der Waals surface area contributed by atoms with Crippen molar-refractivity contribution in [1.82, 2.24) is 0 Å². The zero-order valence-corrected chi connectivity index (χ0v) is 7.40. The summed E-state index contributed by atoms with van der Waals surface area (Å²) in [5.41, 5.74) is -5.16. The van der Waals surface area contributed by atoms with Crippen molar-refractivity contribution in [3.05, 3.63) is 0 Å². The molecule has 0 amide bonds. The van der Waals surface area contributed by atoms with E-state index in [1.54, 1.807) is 0 Å². The van der Waals surface area contributed by atoms with Crippen LogP contribution in [0.25, 0.3) is 0 Å². The summed E-state index contributed by atoms with van der Waals surface area (Å²) in [5, 5.41) is 0. The maximum atomic E-state index is 12.7. The molecule has 0 radical (unpaired) electrons. The van der Waals surface area contributed by atoms with Crippen molar-refractivity contribution < 1.29 is 30.7 Å². The van der Waals surface area contributed by atoms with E-state index >= 15 is 0 Å². The number of halogens is 8. The largest absolute Gasteiger partial charge is 0.431 e. The molecular formula is C6H6ClF7. The molecule has 0 aliphatic rings. The highest BCUT2D eigenvalue weighted by atomic mass is 35.5. The summed E-state index contributed by atoms with van der Waals surface area (Å²) in [7, 11) is 0. The highest BCUT2D eigenvalue weighted by molar-refractivity contribution is 6.17. The molecule has 8 heteroatoms. The Balaban J connectivity index is 4.87. The van der Waals surface area contributed by atoms with Gasteiger partial charge in [0.15, 0.2) is 0 Å². The number of alkyl halides is 8. The standard InChI is InChI=1S/C6H6ClF7/c7-3-1-2-4(8,5(9,10)11)6(12,13)14/h1-3H2. The minimum atomic E-state index is -5.96. The van der Waals surface area contributed by atoms with Gasteiger partial charge in [0, 0.05) is 12.3 Å². The monoisotopic (exact) mass is 246 g/mol. The molecule has 0 fully saturated rings. The Bertz CT molecular complexity index is 168. The van der Waals surface area contributed by atoms with Crippen LogP contribution in [0.2, 0.25) is 0 Å². The number of rotatable bonds is 3. The number of hydrogen-bond donors (Lipinski definition) is 0. The molecule has 0 atom stereocenters. The molecule has 0 heterocycles. The molecule has 0 aromatic heterocycles. The lowest BCUT2D eigenvalue weighted by Gasteiger charge is -2.29. The molecule has 0 saturated heterocycles. The van der Waals surface area contributed by atoms with Crippen molar-refractivity contribution in [1.29, 1.82) is 0 Å². The summed E-state index contributed by atoms with van der Waals surface area (Å²) >= 11 is 4.91. The summed E-state index contributed by atoms with van der Waals surface area (Å²) in [4.78, 5) is 0. The van der Waals surface area contributed by atoms with Crippen LogP contribution in [0, 0.1) is 0 Å². The molecule has 0 spiro atoms. The average Bonchev–Trinajstić information content (AvgIpc) is 1.95. The van der Waals surface area contributed by atoms with E-state index < -0.39 is 36.7 Å². The second-order valence-corrected chi connectivity index (χ2v) is 2.97. The van der Waals surface area contributed by atoms with Gasteiger partial charge in [-0.15, -0.1) is 11.6 Å². The third-order valence-corrected chi connectivity index (χ3v) is 1.82. The van der Waals surface area contributed by atoms with Crippen LogP contribution in [0.15, 0.2) is 0 Å². The van der Waals surface area contributed by atoms with Crippen LogP contribution in [0.3, 0.4) is 0 Å². The molecule has 0 aromatic carbocycles. The van der Waals surface area contributed by atoms with Gasteiger partial charge in [-0.05, 0) is 6.42 Å². The summed E-state index contributed by atoms with van der Waals surface area (Å²) in [5.74, 6) is -0.460. The molecule has 0 rings (SSSR count). The zero-order chi connectivity index (χ0) is 11.6. The van der Waals surface area contributed by atoms with Crippen LogP contribution < -0.4 is 0 Å². The van der Waals surface area contributed by atoms with E-state index in [2.05, 4.69) is 0 Å². The molecule has 0 aliphatic heterocycles. The fourth-order valence-corrected chi connectivity index (χ4v) is 0.888. The van der Waals surface area contributed by atoms with E-state index in [0.717, 1.165) is 0 Å². The lowest BCUT2D eigenvalue weighted by molar-refractivity contribution is -0.343. The summed E-state index contributed by atoms with van der Waals surface area (Å²) in [6.07, 6.45) is -14.3. The van der Waals surface area contributed by atoms with Gasteiger partial charge in [-0.25, -0.2) is 4.39 Å². The second kappa shape index (κ2) is 4.12. The lowest BCUT2D eigenvalue weighted by atomic mass is 9.99. The minimum absolute atomic E-state index is 0.460. The van der Waals surface area contributed by atoms with Crippen LogP contribution in [-0.4, -0.2) is 23.9 Å². The van der Waals surface area contributed by atoms with Gasteiger partial charge in [0.05, 0.1) is 0 Å². The van der Waals surface area contributed by atoms with Crippen LogP contribution in [0.5, 0.6) is 0 Å². The second-order valence-electron chi connectivity index (χ2n) is 2.59. The third kappa shape index (κ3) is 2.65. The lowest BCUT2D eigenvalue weighted by Crippen LogP contribution is -2.53. The van der Waals surface area contributed by atoms with Gasteiger partial charge in [-0.1, -0.05) is 0 Å². The fourth-order valence-electron chi connectivity index (χ4n) is 0.755. The minimum Gasteiger partial charge on any atom is -0.224 e. The van der Waals surface area contributed by atoms with Gasteiger partial charge >= 0.3 is 12.4 Å². The molecular weight excluding hydrogens is 241 g/mol. The van der Waals surface area contributed by atoms with Crippen LogP contribution in [0.4, 0.5) is 30.7 Å². The summed E-state index contributed by atoms with van der Waals surface area (Å²) < 4.78 is 83.4. The highest BCUT2D eigenvalue weighted by Crippen LogP contribution is 2.48. The average molecular weight is 247 g/mol. The summed E-state index contributed by atoms with van der Waals surface area (Å²) in [6, 6.07) is 0. The van der Waals surface area contributed by atoms with Crippen molar-refractivity contribution in [3.63, 3.8) is 0 Å². The Morgan fingerprint density at radius 1 is 0.786 bits per heavy atom. The zero-order valence-electron chi connectivity index (χ0n) is 6.65. The van der Waals surface area contributed by atoms with Gasteiger partial charge < -0.3 is 0 Å². The quantitative estimate of drug-likeness (QED) is 0.524. The molecule has 0 N–H and O–H groups in total. The molecule has 86 valence electrons. The first-order chi connectivity index (χ1) is 6.06. The van der Waals surface area contributed by atoms with Crippen LogP contribution in [0.1, 0.15) is 12.8 Å². The molecule has 14 heavy (non-hydrogen) atoms. The van der Waals surface area contributed by atoms with Crippen molar-refractivity contribution in [2.75, 3.05) is 5.88 Å². The van der Waals surface area contributed by atoms with Crippen molar-refractivity contribution >= 4 is 11.6 Å². The third-order valence-electron chi connectivity index (χ3n) is 1.55. The maximum Gasteiger partial charge on any atom is 0.431 e. The molecule has 0 unspecified atom stereocenters. The van der Waals surface area contributed by atoms with E-state index in [9.17, 15) is 30.7 Å². The Labute approximate surface area is 80.0 Å². The SMILES string of the molecule is FC(F)(F)C(F)(CCCCl)C(F)(F)F. The Hall–Kier alpha value is -0.200. The topological polar surface area (TPSA) is 0 Å². The van der Waals surface area contributed by atoms with E-state index in [4.69, 9.17) is 11.6 Å². The van der Waals surface area contributed by atoms with E-state index in [-0.39, 0.29) is 0 Å².